The summed E-state index contributed by atoms with van der Waals surface area (Å²) in [6.45, 7) is 12.8. The summed E-state index contributed by atoms with van der Waals surface area (Å²) >= 11 is 21.2. The molecule has 624 valence electrons. The molecule has 35 heteroatoms. The average Bonchev–Trinajstić information content (AvgIpc) is 1.37. The zero-order valence-electron chi connectivity index (χ0n) is 62.8. The minimum absolute atomic E-state index is 0. The number of nitrogens with zero attached hydrogens (tertiary/aromatic N) is 6. The first-order chi connectivity index (χ1) is 51.8. The number of aryl methyl sites for hydroxylation is 3. The molecule has 6 aromatic carbocycles. The van der Waals surface area contributed by atoms with Crippen LogP contribution in [0.15, 0.2) is 164 Å². The Labute approximate surface area is 775 Å². The molecule has 0 aliphatic carbocycles. The van der Waals surface area contributed by atoms with Crippen molar-refractivity contribution >= 4 is 75.1 Å². The minimum atomic E-state index is -4.60. The van der Waals surface area contributed by atoms with Crippen LogP contribution < -0.4 is 118 Å². The van der Waals surface area contributed by atoms with Gasteiger partial charge >= 0.3 is 139 Å². The Morgan fingerprint density at radius 3 is 1.27 bits per heavy atom. The summed E-state index contributed by atoms with van der Waals surface area (Å²) in [6.07, 6.45) is -2.64. The van der Waals surface area contributed by atoms with Crippen LogP contribution in [-0.2, 0) is 81.2 Å². The van der Waals surface area contributed by atoms with E-state index in [9.17, 15) is 64.1 Å². The maximum atomic E-state index is 13.2. The van der Waals surface area contributed by atoms with Crippen LogP contribution in [0.4, 0.5) is 39.5 Å². The van der Waals surface area contributed by atoms with Gasteiger partial charge in [0, 0.05) is 101 Å². The summed E-state index contributed by atoms with van der Waals surface area (Å²) in [5.74, 6) is -2.23. The third kappa shape index (κ3) is 37.5. The third-order valence-electron chi connectivity index (χ3n) is 15.3. The Morgan fingerprint density at radius 2 is 0.922 bits per heavy atom. The number of methoxy groups -OCH3 is 1. The topological polar surface area (TPSA) is 250 Å². The Morgan fingerprint density at radius 1 is 0.565 bits per heavy atom. The predicted octanol–water partition coefficient (Wildman–Crippen LogP) is 16.2. The van der Waals surface area contributed by atoms with E-state index in [1.54, 1.807) is 91.1 Å². The summed E-state index contributed by atoms with van der Waals surface area (Å²) in [6, 6.07) is 32.8. The van der Waals surface area contributed by atoms with Crippen molar-refractivity contribution < 1.29 is 212 Å². The number of aromatic nitrogens is 6. The molecule has 0 spiro atoms. The number of phenols is 1. The monoisotopic (exact) mass is 1800 g/mol. The number of hydrogen-bond acceptors (Lipinski definition) is 16. The van der Waals surface area contributed by atoms with Crippen LogP contribution in [0.1, 0.15) is 168 Å². The van der Waals surface area contributed by atoms with Crippen molar-refractivity contribution in [3.8, 4) is 51.0 Å². The van der Waals surface area contributed by atoms with Gasteiger partial charge in [0.25, 0.3) is 6.47 Å². The maximum Gasteiger partial charge on any atom is 1.00 e. The molecule has 0 bridgehead atoms. The fourth-order valence-electron chi connectivity index (χ4n) is 9.87. The molecule has 20 nitrogen and oxygen atoms in total. The van der Waals surface area contributed by atoms with Gasteiger partial charge < -0.3 is 50.2 Å². The van der Waals surface area contributed by atoms with Gasteiger partial charge in [-0.2, -0.15) is 54.8 Å². The third-order valence-corrected chi connectivity index (χ3v) is 16.9. The van der Waals surface area contributed by atoms with Crippen LogP contribution in [0, 0.1) is 0 Å². The number of carboxylic acids is 1. The van der Waals surface area contributed by atoms with E-state index < -0.39 is 70.2 Å². The first kappa shape index (κ1) is 111. The number of ether oxygens (including phenoxy) is 6. The van der Waals surface area contributed by atoms with Crippen molar-refractivity contribution in [2.45, 2.75) is 177 Å². The second-order valence-electron chi connectivity index (χ2n) is 23.3. The number of aromatic hydroxyl groups is 1. The first-order valence-corrected chi connectivity index (χ1v) is 36.0. The first-order valence-electron chi connectivity index (χ1n) is 33.9. The summed E-state index contributed by atoms with van der Waals surface area (Å²) in [7, 11) is 1.68. The Bertz CT molecular complexity index is 4330. The van der Waals surface area contributed by atoms with E-state index >= 15 is 0 Å². The molecule has 1 aliphatic heterocycles. The number of aliphatic carboxylic acids is 1. The molecule has 9 aromatic rings. The van der Waals surface area contributed by atoms with Gasteiger partial charge in [-0.15, -0.1) is 0 Å². The molecule has 1 aliphatic rings. The molecular formula is C80H97BrCl3F9K2N6O14. The van der Waals surface area contributed by atoms with E-state index in [1.807, 2.05) is 23.1 Å². The van der Waals surface area contributed by atoms with E-state index in [-0.39, 0.29) is 194 Å². The predicted molar refractivity (Wildman–Crippen MR) is 419 cm³/mol. The summed E-state index contributed by atoms with van der Waals surface area (Å²) < 4.78 is 153. The molecule has 115 heavy (non-hydrogen) atoms. The Hall–Kier alpha value is -5.90. The molecule has 4 unspecified atom stereocenters. The van der Waals surface area contributed by atoms with Gasteiger partial charge in [0.05, 0.1) is 47.0 Å². The SMILES string of the molecule is C.C.C.C.CCCCn1ccc(-c2cc(Cl)ccc2O)n1.CCCCn1ccc(-c2cc(Cl)ccc2OC(C(=O)O)c2cccc(C(F)(F)F)c2)n1.CCCCn1ccc(-c2cc(Cl)ccc2OC(C(=O)OCC)c2cccc(C(F)(F)F)c2)n1.CCOC(=O)C(Br)c1cccc(C(F)(F)F)c1.COC1CCCO1.O=CO[O-].[H-].[K+].[K+]. The fraction of sp³-hybridized carbons (Fsp3) is 0.388. The zero-order valence-corrected chi connectivity index (χ0v) is 71.9. The van der Waals surface area contributed by atoms with Gasteiger partial charge in [-0.3, -0.25) is 23.6 Å². The number of esters is 2. The molecule has 2 N–H and O–H groups in total. The number of benzene rings is 6. The van der Waals surface area contributed by atoms with Gasteiger partial charge in [-0.25, -0.2) is 9.59 Å². The number of alkyl halides is 10. The van der Waals surface area contributed by atoms with E-state index in [2.05, 4.69) is 56.9 Å². The molecule has 1 fully saturated rings. The molecular weight excluding hydrogens is 1700 g/mol. The maximum absolute atomic E-state index is 13.2. The zero-order chi connectivity index (χ0) is 80.4. The molecule has 4 heterocycles. The fourth-order valence-corrected chi connectivity index (χ4v) is 10.8. The van der Waals surface area contributed by atoms with Crippen molar-refractivity contribution in [2.24, 2.45) is 0 Å². The summed E-state index contributed by atoms with van der Waals surface area (Å²) in [4.78, 5) is 46.2. The van der Waals surface area contributed by atoms with E-state index in [0.717, 1.165) is 126 Å². The largest absolute Gasteiger partial charge is 1.00 e. The quantitative estimate of drug-likeness (QED) is 0.00972. The molecule has 3 aromatic heterocycles. The minimum Gasteiger partial charge on any atom is -1.00 e. The number of phenolic OH excluding ortho intramolecular Hbond substituents is 1. The second-order valence-corrected chi connectivity index (χ2v) is 25.6. The van der Waals surface area contributed by atoms with E-state index in [0.29, 0.717) is 43.1 Å². The molecule has 0 radical (unpaired) electrons. The van der Waals surface area contributed by atoms with Crippen LogP contribution in [0.3, 0.4) is 0 Å². The van der Waals surface area contributed by atoms with Gasteiger partial charge in [0.1, 0.15) is 22.1 Å². The van der Waals surface area contributed by atoms with E-state index in [4.69, 9.17) is 73.3 Å². The number of unbranched alkanes of at least 4 members (excludes halogenated alkanes) is 3. The van der Waals surface area contributed by atoms with Crippen LogP contribution >= 0.6 is 50.7 Å². The van der Waals surface area contributed by atoms with Gasteiger partial charge in [-0.05, 0) is 148 Å². The Balaban J connectivity index is -0.00000142. The molecule has 0 saturated carbocycles. The van der Waals surface area contributed by atoms with Gasteiger partial charge in [0.2, 0.25) is 12.2 Å². The summed E-state index contributed by atoms with van der Waals surface area (Å²) in [5.41, 5.74) is 0.956. The van der Waals surface area contributed by atoms with Crippen molar-refractivity contribution in [3.63, 3.8) is 0 Å². The Kier molecular flexibility index (Phi) is 54.6. The second kappa shape index (κ2) is 56.5. The molecule has 0 amide bonds. The van der Waals surface area contributed by atoms with Crippen LogP contribution in [0.2, 0.25) is 15.1 Å². The van der Waals surface area contributed by atoms with Crippen LogP contribution in [0.5, 0.6) is 17.2 Å². The normalized spacial score (nSPS) is 12.6. The average molecular weight is 1800 g/mol. The van der Waals surface area contributed by atoms with Crippen molar-refractivity contribution in [3.05, 3.63) is 213 Å². The molecule has 10 rings (SSSR count). The van der Waals surface area contributed by atoms with Crippen molar-refractivity contribution in [1.82, 2.24) is 29.3 Å². The molecule has 1 saturated heterocycles. The van der Waals surface area contributed by atoms with Gasteiger partial charge in [0.15, 0.2) is 6.29 Å². The number of halogens is 13. The summed E-state index contributed by atoms with van der Waals surface area (Å²) in [5, 5.41) is 42.7. The molecule has 4 atom stereocenters. The number of carbonyl (C=O) groups is 4. The van der Waals surface area contributed by atoms with Crippen molar-refractivity contribution in [2.75, 3.05) is 26.9 Å². The van der Waals surface area contributed by atoms with E-state index in [1.165, 1.54) is 42.5 Å². The van der Waals surface area contributed by atoms with Crippen molar-refractivity contribution in [1.29, 1.82) is 0 Å². The number of rotatable bonds is 26. The van der Waals surface area contributed by atoms with Crippen LogP contribution in [0.25, 0.3) is 33.8 Å². The standard InChI is InChI=1S/C24H24ClF3N2O3.C22H20ClF3N2O3.C13H15ClN2O.C11H10BrF3O2.C5H10O2.CH2O3.4CH4.2K.H/c1-3-5-12-30-13-11-20(29-30)19-15-18(25)9-10-21(19)33-22(23(31)32-4-2)16-7-6-8-17(14-16)24(26,27)28;1-2-3-10-28-11-9-18(27-28)17-13-16(23)7-8-19(17)31-20(21(29)30)14-5-4-6-15(12-14)22(24,25)26;1-2-3-7-16-8-6-12(15-16)11-9-10(14)4-5-13(11)17;1-2-17-10(16)9(12)7-4-3-5-8(6-7)11(13,14)15;1-6-5-3-2-4-7-5;2-1-4-3;;;;;;;/h6-11,13-15,22H,3-5,12H2,1-2H3;4-9,11-13,20H,2-3,10H2,1H3,(H,29,30);4-6,8-9,17H,2-3,7H2,1H3;3-6,9H,2H2,1H3;5H,2-4H2,1H3;1,3H;4*1H4;;;/q;;;;;;;;;;2*+1;-1/p-1. The number of carbonyl (C=O) groups excluding carboxylic acids is 3. The van der Waals surface area contributed by atoms with Crippen LogP contribution in [-0.4, -0.2) is 97.2 Å². The smallest absolute Gasteiger partial charge is 1.00 e. The number of hydrogen-bond donors (Lipinski definition) is 2. The van der Waals surface area contributed by atoms with Gasteiger partial charge in [-0.1, -0.05) is 163 Å². The number of carboxylic acid groups (broad SMARTS) is 1.